The molecule has 0 atom stereocenters. The number of carbonyl (C=O) groups is 1. The van der Waals surface area contributed by atoms with E-state index in [0.29, 0.717) is 10.8 Å². The Morgan fingerprint density at radius 1 is 1.39 bits per heavy atom. The third-order valence-electron chi connectivity index (χ3n) is 2.99. The molecule has 4 aromatic heterocycles. The fourth-order valence-corrected chi connectivity index (χ4v) is 3.61. The second kappa shape index (κ2) is 5.76. The van der Waals surface area contributed by atoms with Crippen LogP contribution < -0.4 is 0 Å². The van der Waals surface area contributed by atoms with E-state index in [-0.39, 0.29) is 23.3 Å². The van der Waals surface area contributed by atoms with Crippen LogP contribution in [0.25, 0.3) is 16.3 Å². The van der Waals surface area contributed by atoms with E-state index in [0.717, 1.165) is 5.56 Å². The molecule has 0 saturated heterocycles. The van der Waals surface area contributed by atoms with Crippen LogP contribution >= 0.6 is 34.3 Å². The summed E-state index contributed by atoms with van der Waals surface area (Å²) in [5.41, 5.74) is 1.04. The number of ether oxygens (including phenoxy) is 1. The zero-order valence-electron chi connectivity index (χ0n) is 11.3. The van der Waals surface area contributed by atoms with Crippen molar-refractivity contribution in [2.75, 3.05) is 0 Å². The van der Waals surface area contributed by atoms with Crippen molar-refractivity contribution in [2.45, 2.75) is 6.61 Å². The molecule has 0 amide bonds. The van der Waals surface area contributed by atoms with Crippen LogP contribution in [-0.4, -0.2) is 25.5 Å². The Balaban J connectivity index is 1.50. The maximum atomic E-state index is 12.2. The molecule has 23 heavy (non-hydrogen) atoms. The first-order valence-electron chi connectivity index (χ1n) is 6.35. The number of hydrogen-bond acceptors (Lipinski definition) is 8. The van der Waals surface area contributed by atoms with Crippen molar-refractivity contribution in [3.8, 4) is 11.4 Å². The summed E-state index contributed by atoms with van der Waals surface area (Å²) in [5.74, 6) is 0.0674. The molecule has 0 saturated carbocycles. The Kier molecular flexibility index (Phi) is 3.60. The molecule has 7 nitrogen and oxygen atoms in total. The minimum atomic E-state index is -0.601. The number of halogens is 1. The normalized spacial score (nSPS) is 11.2. The summed E-state index contributed by atoms with van der Waals surface area (Å²) in [7, 11) is 0. The molecule has 0 radical (unpaired) electrons. The molecule has 4 rings (SSSR count). The molecule has 4 aromatic rings. The predicted molar refractivity (Wildman–Crippen MR) is 84.8 cm³/mol. The van der Waals surface area contributed by atoms with Crippen LogP contribution in [-0.2, 0) is 11.3 Å². The van der Waals surface area contributed by atoms with Gasteiger partial charge in [0.15, 0.2) is 22.4 Å². The number of esters is 1. The van der Waals surface area contributed by atoms with Crippen LogP contribution in [0.15, 0.2) is 32.9 Å². The molecule has 10 heteroatoms. The Morgan fingerprint density at radius 3 is 3.13 bits per heavy atom. The van der Waals surface area contributed by atoms with Crippen molar-refractivity contribution < 1.29 is 14.1 Å². The average Bonchev–Trinajstić information content (AvgIpc) is 3.28. The van der Waals surface area contributed by atoms with Gasteiger partial charge in [0.25, 0.3) is 5.89 Å². The summed E-state index contributed by atoms with van der Waals surface area (Å²) in [6.45, 7) is -0.135. The fraction of sp³-hybridized carbons (Fsp3) is 0.0769. The number of rotatable bonds is 4. The Hall–Kier alpha value is -2.23. The predicted octanol–water partition coefficient (Wildman–Crippen LogP) is 3.52. The lowest BCUT2D eigenvalue weighted by Crippen LogP contribution is -2.08. The maximum absolute atomic E-state index is 12.2. The summed E-state index contributed by atoms with van der Waals surface area (Å²) in [6.07, 6.45) is 1.71. The van der Waals surface area contributed by atoms with E-state index in [9.17, 15) is 4.79 Å². The summed E-state index contributed by atoms with van der Waals surface area (Å²) in [6, 6.07) is 1.88. The molecule has 0 N–H and O–H groups in total. The summed E-state index contributed by atoms with van der Waals surface area (Å²) < 4.78 is 11.8. The van der Waals surface area contributed by atoms with Gasteiger partial charge in [-0.1, -0.05) is 16.8 Å². The van der Waals surface area contributed by atoms with Gasteiger partial charge in [0.2, 0.25) is 5.82 Å². The van der Waals surface area contributed by atoms with E-state index in [1.54, 1.807) is 16.0 Å². The van der Waals surface area contributed by atoms with Crippen LogP contribution in [0.2, 0.25) is 5.15 Å². The van der Waals surface area contributed by atoms with E-state index in [4.69, 9.17) is 20.9 Å². The van der Waals surface area contributed by atoms with Gasteiger partial charge in [0.05, 0.1) is 0 Å². The highest BCUT2D eigenvalue weighted by molar-refractivity contribution is 7.15. The lowest BCUT2D eigenvalue weighted by atomic mass is 10.3. The van der Waals surface area contributed by atoms with Gasteiger partial charge in [-0.3, -0.25) is 4.40 Å². The zero-order valence-corrected chi connectivity index (χ0v) is 13.7. The van der Waals surface area contributed by atoms with Crippen molar-refractivity contribution in [1.82, 2.24) is 19.5 Å². The van der Waals surface area contributed by atoms with Gasteiger partial charge in [-0.15, -0.1) is 11.3 Å². The van der Waals surface area contributed by atoms with E-state index in [1.807, 2.05) is 16.8 Å². The number of carbonyl (C=O) groups excluding carboxylic acids is 1. The van der Waals surface area contributed by atoms with Gasteiger partial charge in [-0.2, -0.15) is 16.3 Å². The highest BCUT2D eigenvalue weighted by Gasteiger charge is 2.21. The SMILES string of the molecule is O=C(OCc1nc(-c2ccsc2)no1)c1c(Cl)nc2sccn12. The number of thiophene rings is 1. The van der Waals surface area contributed by atoms with Crippen LogP contribution in [0.3, 0.4) is 0 Å². The molecule has 0 aliphatic heterocycles. The largest absolute Gasteiger partial charge is 0.451 e. The molecule has 0 fully saturated rings. The molecule has 0 bridgehead atoms. The van der Waals surface area contributed by atoms with Crippen molar-refractivity contribution in [3.05, 3.63) is 45.1 Å². The van der Waals surface area contributed by atoms with Crippen LogP contribution in [0, 0.1) is 0 Å². The topological polar surface area (TPSA) is 82.5 Å². The van der Waals surface area contributed by atoms with Gasteiger partial charge in [-0.05, 0) is 11.4 Å². The first-order valence-corrected chi connectivity index (χ1v) is 8.56. The van der Waals surface area contributed by atoms with Gasteiger partial charge in [0, 0.05) is 22.5 Å². The second-order valence-electron chi connectivity index (χ2n) is 4.41. The number of fused-ring (bicyclic) bond motifs is 1. The third kappa shape index (κ3) is 2.62. The highest BCUT2D eigenvalue weighted by atomic mass is 35.5. The molecule has 4 heterocycles. The van der Waals surface area contributed by atoms with Gasteiger partial charge in [-0.25, -0.2) is 9.78 Å². The minimum absolute atomic E-state index is 0.103. The maximum Gasteiger partial charge on any atom is 0.359 e. The number of thiazole rings is 1. The van der Waals surface area contributed by atoms with Crippen LogP contribution in [0.5, 0.6) is 0 Å². The molecular formula is C13H7ClN4O3S2. The van der Waals surface area contributed by atoms with Gasteiger partial charge >= 0.3 is 5.97 Å². The highest BCUT2D eigenvalue weighted by Crippen LogP contribution is 2.23. The molecule has 0 aromatic carbocycles. The molecule has 0 aliphatic carbocycles. The molecule has 0 aliphatic rings. The Bertz CT molecular complexity index is 973. The van der Waals surface area contributed by atoms with E-state index in [2.05, 4.69) is 15.1 Å². The molecule has 0 spiro atoms. The Morgan fingerprint density at radius 2 is 2.30 bits per heavy atom. The monoisotopic (exact) mass is 366 g/mol. The molecule has 0 unspecified atom stereocenters. The van der Waals surface area contributed by atoms with Crippen molar-refractivity contribution in [2.24, 2.45) is 0 Å². The fourth-order valence-electron chi connectivity index (χ4n) is 1.96. The second-order valence-corrected chi connectivity index (χ2v) is 6.42. The lowest BCUT2D eigenvalue weighted by Gasteiger charge is -2.00. The summed E-state index contributed by atoms with van der Waals surface area (Å²) in [5, 5.41) is 9.57. The minimum Gasteiger partial charge on any atom is -0.451 e. The van der Waals surface area contributed by atoms with Crippen LogP contribution in [0.1, 0.15) is 16.4 Å². The molecule has 116 valence electrons. The standard InChI is InChI=1S/C13H7ClN4O3S2/c14-10-9(18-2-4-23-13(18)16-10)12(19)20-5-8-15-11(17-21-8)7-1-3-22-6-7/h1-4,6H,5H2. The molecular weight excluding hydrogens is 360 g/mol. The number of hydrogen-bond donors (Lipinski definition) is 0. The van der Waals surface area contributed by atoms with Crippen molar-refractivity contribution in [1.29, 1.82) is 0 Å². The smallest absolute Gasteiger partial charge is 0.359 e. The summed E-state index contributed by atoms with van der Waals surface area (Å²) >= 11 is 8.89. The van der Waals surface area contributed by atoms with Gasteiger partial charge in [0.1, 0.15) is 0 Å². The van der Waals surface area contributed by atoms with E-state index in [1.165, 1.54) is 22.7 Å². The van der Waals surface area contributed by atoms with E-state index < -0.39 is 5.97 Å². The number of aromatic nitrogens is 4. The first kappa shape index (κ1) is 14.4. The van der Waals surface area contributed by atoms with E-state index >= 15 is 0 Å². The van der Waals surface area contributed by atoms with Crippen molar-refractivity contribution >= 4 is 45.2 Å². The number of imidazole rings is 1. The third-order valence-corrected chi connectivity index (χ3v) is 4.69. The Labute approximate surface area is 142 Å². The zero-order chi connectivity index (χ0) is 15.8. The van der Waals surface area contributed by atoms with Crippen LogP contribution in [0.4, 0.5) is 0 Å². The van der Waals surface area contributed by atoms with Gasteiger partial charge < -0.3 is 9.26 Å². The summed E-state index contributed by atoms with van der Waals surface area (Å²) in [4.78, 5) is 21.1. The quantitative estimate of drug-likeness (QED) is 0.514. The number of nitrogens with zero attached hydrogens (tertiary/aromatic N) is 4. The average molecular weight is 367 g/mol. The lowest BCUT2D eigenvalue weighted by molar-refractivity contribution is 0.0422. The van der Waals surface area contributed by atoms with Crippen molar-refractivity contribution in [3.63, 3.8) is 0 Å². The first-order chi connectivity index (χ1) is 11.2.